The van der Waals surface area contributed by atoms with Gasteiger partial charge in [-0.1, -0.05) is 23.4 Å². The van der Waals surface area contributed by atoms with Gasteiger partial charge in [-0.25, -0.2) is 0 Å². The first kappa shape index (κ1) is 15.4. The van der Waals surface area contributed by atoms with Crippen LogP contribution in [0.5, 0.6) is 5.75 Å². The maximum Gasteiger partial charge on any atom is 0.387 e. The average molecular weight is 302 g/mol. The van der Waals surface area contributed by atoms with Crippen molar-refractivity contribution in [2.75, 3.05) is 0 Å². The third-order valence-corrected chi connectivity index (χ3v) is 2.74. The standard InChI is InChI=1S/C16H12F2N2O2/c17-16(18)22-15-7-5-12(6-8-15)10-20-21-11-14-4-2-1-3-13(14)9-19/h1-8,10,16H,11H2. The zero-order chi connectivity index (χ0) is 15.8. The molecule has 0 spiro atoms. The van der Waals surface area contributed by atoms with Crippen molar-refractivity contribution in [3.05, 3.63) is 65.2 Å². The Bertz CT molecular complexity index is 679. The summed E-state index contributed by atoms with van der Waals surface area (Å²) in [6.45, 7) is -2.67. The van der Waals surface area contributed by atoms with Gasteiger partial charge in [-0.05, 0) is 35.9 Å². The molecule has 0 saturated carbocycles. The lowest BCUT2D eigenvalue weighted by atomic mass is 10.1. The first-order chi connectivity index (χ1) is 10.7. The fraction of sp³-hybridized carbons (Fsp3) is 0.125. The number of nitriles is 1. The molecule has 0 fully saturated rings. The summed E-state index contributed by atoms with van der Waals surface area (Å²) in [6, 6.07) is 15.1. The maximum atomic E-state index is 12.0. The summed E-state index contributed by atoms with van der Waals surface area (Å²) in [5.41, 5.74) is 1.95. The van der Waals surface area contributed by atoms with Crippen molar-refractivity contribution in [2.24, 2.45) is 5.16 Å². The molecule has 2 aromatic carbocycles. The van der Waals surface area contributed by atoms with E-state index in [1.807, 2.05) is 6.07 Å². The van der Waals surface area contributed by atoms with Crippen LogP contribution in [-0.4, -0.2) is 12.8 Å². The lowest BCUT2D eigenvalue weighted by Crippen LogP contribution is -2.01. The Labute approximate surface area is 126 Å². The van der Waals surface area contributed by atoms with Crippen LogP contribution in [0.1, 0.15) is 16.7 Å². The first-order valence-corrected chi connectivity index (χ1v) is 6.37. The molecule has 0 aliphatic rings. The predicted molar refractivity (Wildman–Crippen MR) is 76.6 cm³/mol. The highest BCUT2D eigenvalue weighted by molar-refractivity contribution is 5.79. The minimum Gasteiger partial charge on any atom is -0.435 e. The lowest BCUT2D eigenvalue weighted by molar-refractivity contribution is -0.0498. The second kappa shape index (κ2) is 7.74. The number of benzene rings is 2. The van der Waals surface area contributed by atoms with E-state index in [-0.39, 0.29) is 12.4 Å². The molecular weight excluding hydrogens is 290 g/mol. The van der Waals surface area contributed by atoms with Crippen LogP contribution < -0.4 is 4.74 Å². The van der Waals surface area contributed by atoms with Crippen LogP contribution in [0.15, 0.2) is 53.7 Å². The van der Waals surface area contributed by atoms with Crippen LogP contribution in [0.3, 0.4) is 0 Å². The highest BCUT2D eigenvalue weighted by Crippen LogP contribution is 2.14. The van der Waals surface area contributed by atoms with Gasteiger partial charge in [-0.3, -0.25) is 0 Å². The third kappa shape index (κ3) is 4.56. The van der Waals surface area contributed by atoms with E-state index in [2.05, 4.69) is 16.0 Å². The van der Waals surface area contributed by atoms with Gasteiger partial charge in [0.1, 0.15) is 12.4 Å². The Balaban J connectivity index is 1.89. The molecule has 6 heteroatoms. The monoisotopic (exact) mass is 302 g/mol. The molecule has 0 aliphatic carbocycles. The minimum absolute atomic E-state index is 0.0796. The molecule has 4 nitrogen and oxygen atoms in total. The number of halogens is 2. The molecule has 2 aromatic rings. The van der Waals surface area contributed by atoms with E-state index in [1.54, 1.807) is 30.3 Å². The Hall–Kier alpha value is -2.94. The van der Waals surface area contributed by atoms with Gasteiger partial charge in [0, 0.05) is 5.56 Å². The minimum atomic E-state index is -2.84. The highest BCUT2D eigenvalue weighted by Gasteiger charge is 2.03. The van der Waals surface area contributed by atoms with Gasteiger partial charge in [-0.15, -0.1) is 0 Å². The fourth-order valence-electron chi connectivity index (χ4n) is 1.70. The summed E-state index contributed by atoms with van der Waals surface area (Å²) >= 11 is 0. The molecule has 0 atom stereocenters. The second-order valence-electron chi connectivity index (χ2n) is 4.22. The smallest absolute Gasteiger partial charge is 0.387 e. The normalized spacial score (nSPS) is 10.6. The van der Waals surface area contributed by atoms with Crippen LogP contribution in [0.4, 0.5) is 8.78 Å². The van der Waals surface area contributed by atoms with Crippen molar-refractivity contribution in [2.45, 2.75) is 13.2 Å². The van der Waals surface area contributed by atoms with E-state index in [9.17, 15) is 8.78 Å². The Morgan fingerprint density at radius 1 is 1.14 bits per heavy atom. The third-order valence-electron chi connectivity index (χ3n) is 2.74. The molecular formula is C16H12F2N2O2. The van der Waals surface area contributed by atoms with Gasteiger partial charge >= 0.3 is 6.61 Å². The number of oxime groups is 1. The van der Waals surface area contributed by atoms with Crippen LogP contribution in [-0.2, 0) is 11.4 Å². The summed E-state index contributed by atoms with van der Waals surface area (Å²) in [7, 11) is 0. The predicted octanol–water partition coefficient (Wildman–Crippen LogP) is 3.71. The number of hydrogen-bond donors (Lipinski definition) is 0. The van der Waals surface area contributed by atoms with E-state index in [1.165, 1.54) is 18.3 Å². The summed E-state index contributed by atoms with van der Waals surface area (Å²) < 4.78 is 28.2. The van der Waals surface area contributed by atoms with Gasteiger partial charge in [0.05, 0.1) is 17.8 Å². The molecule has 0 bridgehead atoms. The fourth-order valence-corrected chi connectivity index (χ4v) is 1.70. The average Bonchev–Trinajstić information content (AvgIpc) is 2.53. The van der Waals surface area contributed by atoms with Gasteiger partial charge < -0.3 is 9.57 Å². The van der Waals surface area contributed by atoms with Crippen LogP contribution in [0.25, 0.3) is 0 Å². The van der Waals surface area contributed by atoms with Crippen molar-refractivity contribution >= 4 is 6.21 Å². The number of nitrogens with zero attached hydrogens (tertiary/aromatic N) is 2. The van der Waals surface area contributed by atoms with Crippen LogP contribution in [0, 0.1) is 11.3 Å². The van der Waals surface area contributed by atoms with Gasteiger partial charge in [0.15, 0.2) is 0 Å². The SMILES string of the molecule is N#Cc1ccccc1CON=Cc1ccc(OC(F)F)cc1. The molecule has 22 heavy (non-hydrogen) atoms. The molecule has 0 saturated heterocycles. The van der Waals surface area contributed by atoms with E-state index >= 15 is 0 Å². The lowest BCUT2D eigenvalue weighted by Gasteiger charge is -2.04. The van der Waals surface area contributed by atoms with Crippen molar-refractivity contribution in [1.82, 2.24) is 0 Å². The Morgan fingerprint density at radius 3 is 2.55 bits per heavy atom. The van der Waals surface area contributed by atoms with Gasteiger partial charge in [0.25, 0.3) is 0 Å². The molecule has 0 radical (unpaired) electrons. The maximum absolute atomic E-state index is 12.0. The quantitative estimate of drug-likeness (QED) is 0.604. The van der Waals surface area contributed by atoms with E-state index < -0.39 is 6.61 Å². The largest absolute Gasteiger partial charge is 0.435 e. The molecule has 0 N–H and O–H groups in total. The summed E-state index contributed by atoms with van der Waals surface area (Å²) in [4.78, 5) is 5.13. The van der Waals surface area contributed by atoms with E-state index in [0.717, 1.165) is 5.56 Å². The van der Waals surface area contributed by atoms with Crippen molar-refractivity contribution in [3.8, 4) is 11.8 Å². The Kier molecular flexibility index (Phi) is 5.44. The van der Waals surface area contributed by atoms with Crippen molar-refractivity contribution in [3.63, 3.8) is 0 Å². The zero-order valence-corrected chi connectivity index (χ0v) is 11.4. The molecule has 0 aromatic heterocycles. The first-order valence-electron chi connectivity index (χ1n) is 6.37. The van der Waals surface area contributed by atoms with E-state index in [4.69, 9.17) is 10.1 Å². The molecule has 2 rings (SSSR count). The number of alkyl halides is 2. The topological polar surface area (TPSA) is 54.6 Å². The number of rotatable bonds is 6. The molecule has 0 unspecified atom stereocenters. The number of hydrogen-bond acceptors (Lipinski definition) is 4. The second-order valence-corrected chi connectivity index (χ2v) is 4.22. The zero-order valence-electron chi connectivity index (χ0n) is 11.4. The molecule has 0 amide bonds. The van der Waals surface area contributed by atoms with Crippen molar-refractivity contribution in [1.29, 1.82) is 5.26 Å². The Morgan fingerprint density at radius 2 is 1.86 bits per heavy atom. The van der Waals surface area contributed by atoms with Crippen LogP contribution >= 0.6 is 0 Å². The summed E-state index contributed by atoms with van der Waals surface area (Å²) in [6.07, 6.45) is 1.45. The molecule has 0 heterocycles. The molecule has 0 aliphatic heterocycles. The van der Waals surface area contributed by atoms with E-state index in [0.29, 0.717) is 11.1 Å². The van der Waals surface area contributed by atoms with Gasteiger partial charge in [-0.2, -0.15) is 14.0 Å². The summed E-state index contributed by atoms with van der Waals surface area (Å²) in [5, 5.41) is 12.7. The summed E-state index contributed by atoms with van der Waals surface area (Å²) in [5.74, 6) is 0.0796. The van der Waals surface area contributed by atoms with Gasteiger partial charge in [0.2, 0.25) is 0 Å². The highest BCUT2D eigenvalue weighted by atomic mass is 19.3. The van der Waals surface area contributed by atoms with Crippen LogP contribution in [0.2, 0.25) is 0 Å². The molecule has 112 valence electrons. The number of ether oxygens (including phenoxy) is 1. The van der Waals surface area contributed by atoms with Crippen molar-refractivity contribution < 1.29 is 18.4 Å².